The van der Waals surface area contributed by atoms with Crippen LogP contribution in [0.2, 0.25) is 5.02 Å². The van der Waals surface area contributed by atoms with E-state index in [1.807, 2.05) is 0 Å². The number of ether oxygens (including phenoxy) is 2. The summed E-state index contributed by atoms with van der Waals surface area (Å²) in [7, 11) is 1.41. The molecular formula is C12H8BrClN2O4. The first-order valence-corrected chi connectivity index (χ1v) is 6.50. The molecule has 0 unspecified atom stereocenters. The van der Waals surface area contributed by atoms with E-state index in [1.165, 1.54) is 19.2 Å². The van der Waals surface area contributed by atoms with E-state index in [1.54, 1.807) is 18.2 Å². The van der Waals surface area contributed by atoms with Crippen LogP contribution in [0.5, 0.6) is 17.5 Å². The minimum Gasteiger partial charge on any atom is -0.481 e. The molecule has 0 aliphatic carbocycles. The lowest BCUT2D eigenvalue weighted by Crippen LogP contribution is -1.98. The number of hydrogen-bond donors (Lipinski definition) is 0. The predicted molar refractivity (Wildman–Crippen MR) is 76.7 cm³/mol. The molecule has 0 spiro atoms. The van der Waals surface area contributed by atoms with Gasteiger partial charge < -0.3 is 9.47 Å². The lowest BCUT2D eigenvalue weighted by molar-refractivity contribution is -0.386. The van der Waals surface area contributed by atoms with Crippen molar-refractivity contribution in [2.24, 2.45) is 0 Å². The molecule has 0 saturated heterocycles. The second-order valence-electron chi connectivity index (χ2n) is 3.61. The van der Waals surface area contributed by atoms with Gasteiger partial charge in [-0.25, -0.2) is 0 Å². The Kier molecular flexibility index (Phi) is 4.41. The second kappa shape index (κ2) is 6.06. The zero-order valence-electron chi connectivity index (χ0n) is 10.2. The fraction of sp³-hybridized carbons (Fsp3) is 0.0833. The SMILES string of the molecule is COc1ccc([N+](=O)[O-])c(Oc2cc(Br)ccc2Cl)n1. The average molecular weight is 360 g/mol. The van der Waals surface area contributed by atoms with Crippen molar-refractivity contribution in [2.75, 3.05) is 7.11 Å². The van der Waals surface area contributed by atoms with E-state index in [0.29, 0.717) is 5.02 Å². The van der Waals surface area contributed by atoms with E-state index in [-0.39, 0.29) is 23.2 Å². The maximum Gasteiger partial charge on any atom is 0.331 e. The topological polar surface area (TPSA) is 74.5 Å². The van der Waals surface area contributed by atoms with Crippen molar-refractivity contribution in [3.8, 4) is 17.5 Å². The van der Waals surface area contributed by atoms with Gasteiger partial charge in [0.1, 0.15) is 5.75 Å². The van der Waals surface area contributed by atoms with Gasteiger partial charge in [0.15, 0.2) is 0 Å². The third kappa shape index (κ3) is 3.17. The fourth-order valence-corrected chi connectivity index (χ4v) is 1.90. The molecule has 20 heavy (non-hydrogen) atoms. The van der Waals surface area contributed by atoms with Gasteiger partial charge >= 0.3 is 11.6 Å². The molecule has 0 aliphatic heterocycles. The van der Waals surface area contributed by atoms with Crippen LogP contribution in [0, 0.1) is 10.1 Å². The number of nitro groups is 1. The highest BCUT2D eigenvalue weighted by Crippen LogP contribution is 2.36. The summed E-state index contributed by atoms with van der Waals surface area (Å²) >= 11 is 9.24. The van der Waals surface area contributed by atoms with Crippen molar-refractivity contribution in [3.63, 3.8) is 0 Å². The van der Waals surface area contributed by atoms with Crippen molar-refractivity contribution < 1.29 is 14.4 Å². The van der Waals surface area contributed by atoms with Crippen LogP contribution in [-0.4, -0.2) is 17.0 Å². The van der Waals surface area contributed by atoms with Crippen LogP contribution in [0.1, 0.15) is 0 Å². The zero-order chi connectivity index (χ0) is 14.7. The van der Waals surface area contributed by atoms with Gasteiger partial charge in [0.25, 0.3) is 0 Å². The number of aromatic nitrogens is 1. The highest BCUT2D eigenvalue weighted by Gasteiger charge is 2.20. The summed E-state index contributed by atoms with van der Waals surface area (Å²) in [5.74, 6) is 0.274. The summed E-state index contributed by atoms with van der Waals surface area (Å²) in [6, 6.07) is 7.56. The number of halogens is 2. The molecule has 1 aromatic carbocycles. The standard InChI is InChI=1S/C12H8BrClN2O4/c1-19-11-5-4-9(16(17)18)12(15-11)20-10-6-7(13)2-3-8(10)14/h2-6H,1H3. The van der Waals surface area contributed by atoms with Crippen molar-refractivity contribution in [3.05, 3.63) is 49.9 Å². The van der Waals surface area contributed by atoms with Gasteiger partial charge in [-0.15, -0.1) is 0 Å². The maximum atomic E-state index is 11.0. The van der Waals surface area contributed by atoms with E-state index in [4.69, 9.17) is 21.1 Å². The number of nitrogens with zero attached hydrogens (tertiary/aromatic N) is 2. The summed E-state index contributed by atoms with van der Waals surface area (Å²) in [6.07, 6.45) is 0. The Morgan fingerprint density at radius 3 is 2.75 bits per heavy atom. The summed E-state index contributed by atoms with van der Waals surface area (Å²) < 4.78 is 11.1. The van der Waals surface area contributed by atoms with Crippen LogP contribution < -0.4 is 9.47 Å². The summed E-state index contributed by atoms with van der Waals surface area (Å²) in [5.41, 5.74) is -0.276. The van der Waals surface area contributed by atoms with Crippen molar-refractivity contribution in [1.82, 2.24) is 4.98 Å². The van der Waals surface area contributed by atoms with Crippen LogP contribution in [0.15, 0.2) is 34.8 Å². The molecule has 104 valence electrons. The molecule has 0 aliphatic rings. The maximum absolute atomic E-state index is 11.0. The molecule has 0 radical (unpaired) electrons. The lowest BCUT2D eigenvalue weighted by Gasteiger charge is -2.08. The highest BCUT2D eigenvalue weighted by atomic mass is 79.9. The molecule has 8 heteroatoms. The van der Waals surface area contributed by atoms with Crippen molar-refractivity contribution in [1.29, 1.82) is 0 Å². The van der Waals surface area contributed by atoms with Crippen LogP contribution in [0.25, 0.3) is 0 Å². The Bertz CT molecular complexity index is 666. The first-order chi connectivity index (χ1) is 9.51. The van der Waals surface area contributed by atoms with Crippen LogP contribution in [-0.2, 0) is 0 Å². The molecule has 1 aromatic heterocycles. The number of pyridine rings is 1. The molecule has 2 rings (SSSR count). The smallest absolute Gasteiger partial charge is 0.331 e. The summed E-state index contributed by atoms with van der Waals surface area (Å²) in [6.45, 7) is 0. The van der Waals surface area contributed by atoms with Crippen molar-refractivity contribution in [2.45, 2.75) is 0 Å². The predicted octanol–water partition coefficient (Wildman–Crippen LogP) is 4.21. The Balaban J connectivity index is 2.45. The van der Waals surface area contributed by atoms with Gasteiger partial charge in [-0.2, -0.15) is 4.98 Å². The Morgan fingerprint density at radius 2 is 2.10 bits per heavy atom. The fourth-order valence-electron chi connectivity index (χ4n) is 1.40. The molecule has 0 N–H and O–H groups in total. The lowest BCUT2D eigenvalue weighted by atomic mass is 10.3. The largest absolute Gasteiger partial charge is 0.481 e. The molecule has 0 saturated carbocycles. The molecular weight excluding hydrogens is 351 g/mol. The second-order valence-corrected chi connectivity index (χ2v) is 4.93. The molecule has 0 fully saturated rings. The molecule has 1 heterocycles. The first kappa shape index (κ1) is 14.5. The monoisotopic (exact) mass is 358 g/mol. The Hall–Kier alpha value is -1.86. The van der Waals surface area contributed by atoms with Gasteiger partial charge in [0, 0.05) is 16.6 Å². The minimum absolute atomic E-state index is 0.186. The summed E-state index contributed by atoms with van der Waals surface area (Å²) in [4.78, 5) is 14.3. The third-order valence-corrected chi connectivity index (χ3v) is 3.13. The van der Waals surface area contributed by atoms with Gasteiger partial charge in [-0.05, 0) is 18.2 Å². The van der Waals surface area contributed by atoms with Gasteiger partial charge in [0.05, 0.1) is 17.1 Å². The zero-order valence-corrected chi connectivity index (χ0v) is 12.5. The van der Waals surface area contributed by atoms with Gasteiger partial charge in [0.2, 0.25) is 5.88 Å². The normalized spacial score (nSPS) is 10.2. The number of benzene rings is 1. The average Bonchev–Trinajstić information content (AvgIpc) is 2.42. The Morgan fingerprint density at radius 1 is 1.35 bits per heavy atom. The highest BCUT2D eigenvalue weighted by molar-refractivity contribution is 9.10. The van der Waals surface area contributed by atoms with Crippen LogP contribution in [0.4, 0.5) is 5.69 Å². The molecule has 0 bridgehead atoms. The van der Waals surface area contributed by atoms with Crippen LogP contribution in [0.3, 0.4) is 0 Å². The number of methoxy groups -OCH3 is 1. The quantitative estimate of drug-likeness (QED) is 0.604. The van der Waals surface area contributed by atoms with Crippen LogP contribution >= 0.6 is 27.5 Å². The molecule has 2 aromatic rings. The summed E-state index contributed by atoms with van der Waals surface area (Å²) in [5, 5.41) is 11.3. The van der Waals surface area contributed by atoms with Crippen molar-refractivity contribution >= 4 is 33.2 Å². The minimum atomic E-state index is -0.590. The number of rotatable bonds is 4. The van der Waals surface area contributed by atoms with E-state index in [9.17, 15) is 10.1 Å². The Labute approximate surface area is 127 Å². The van der Waals surface area contributed by atoms with Gasteiger partial charge in [-0.1, -0.05) is 27.5 Å². The van der Waals surface area contributed by atoms with Gasteiger partial charge in [-0.3, -0.25) is 10.1 Å². The third-order valence-electron chi connectivity index (χ3n) is 2.32. The molecule has 6 nitrogen and oxygen atoms in total. The number of hydrogen-bond acceptors (Lipinski definition) is 5. The van der Waals surface area contributed by atoms with E-state index in [0.717, 1.165) is 4.47 Å². The van der Waals surface area contributed by atoms with E-state index < -0.39 is 4.92 Å². The molecule has 0 amide bonds. The van der Waals surface area contributed by atoms with E-state index >= 15 is 0 Å². The molecule has 0 atom stereocenters. The first-order valence-electron chi connectivity index (χ1n) is 5.33. The van der Waals surface area contributed by atoms with E-state index in [2.05, 4.69) is 20.9 Å².